The largest absolute Gasteiger partial charge is 0.480 e. The zero-order valence-corrected chi connectivity index (χ0v) is 8.13. The number of nitrogens with zero attached hydrogens (tertiary/aromatic N) is 1. The van der Waals surface area contributed by atoms with E-state index in [1.807, 2.05) is 0 Å². The molecule has 0 aromatic heterocycles. The Balaban J connectivity index is 2.68. The fourth-order valence-electron chi connectivity index (χ4n) is 1.17. The van der Waals surface area contributed by atoms with Gasteiger partial charge in [0.1, 0.15) is 6.04 Å². The van der Waals surface area contributed by atoms with Crippen molar-refractivity contribution in [3.05, 3.63) is 35.4 Å². The van der Waals surface area contributed by atoms with Gasteiger partial charge in [-0.1, -0.05) is 24.3 Å². The third-order valence-corrected chi connectivity index (χ3v) is 1.98. The molecular weight excluding hydrogens is 194 g/mol. The van der Waals surface area contributed by atoms with Crippen molar-refractivity contribution in [2.75, 3.05) is 0 Å². The van der Waals surface area contributed by atoms with Crippen molar-refractivity contribution >= 4 is 12.2 Å². The standard InChI is InChI=1S/C10H13N3O2/c11-9(10(14)15)5-7-1-3-8(4-2-7)6-13-12/h1-4,6,9H,5,11-12H2,(H,14,15)/b13-6+/t9-/m0/s1. The molecule has 0 aliphatic carbocycles. The van der Waals surface area contributed by atoms with Gasteiger partial charge in [-0.15, -0.1) is 0 Å². The monoisotopic (exact) mass is 207 g/mol. The molecule has 80 valence electrons. The van der Waals surface area contributed by atoms with Gasteiger partial charge in [0, 0.05) is 0 Å². The molecule has 0 saturated carbocycles. The maximum Gasteiger partial charge on any atom is 0.320 e. The van der Waals surface area contributed by atoms with E-state index in [1.54, 1.807) is 24.3 Å². The third kappa shape index (κ3) is 3.40. The first-order chi connectivity index (χ1) is 7.13. The van der Waals surface area contributed by atoms with Gasteiger partial charge in [-0.3, -0.25) is 4.79 Å². The molecule has 0 amide bonds. The number of carbonyl (C=O) groups is 1. The molecule has 0 saturated heterocycles. The van der Waals surface area contributed by atoms with Crippen LogP contribution in [0.1, 0.15) is 11.1 Å². The van der Waals surface area contributed by atoms with Crippen molar-refractivity contribution < 1.29 is 9.90 Å². The summed E-state index contributed by atoms with van der Waals surface area (Å²) in [6.45, 7) is 0. The quantitative estimate of drug-likeness (QED) is 0.365. The molecule has 1 aromatic carbocycles. The number of nitrogens with two attached hydrogens (primary N) is 2. The average molecular weight is 207 g/mol. The second kappa shape index (κ2) is 5.11. The highest BCUT2D eigenvalue weighted by Crippen LogP contribution is 2.05. The van der Waals surface area contributed by atoms with E-state index in [0.29, 0.717) is 6.42 Å². The predicted molar refractivity (Wildman–Crippen MR) is 57.5 cm³/mol. The highest BCUT2D eigenvalue weighted by atomic mass is 16.4. The lowest BCUT2D eigenvalue weighted by atomic mass is 10.1. The minimum atomic E-state index is -0.998. The normalized spacial score (nSPS) is 12.9. The summed E-state index contributed by atoms with van der Waals surface area (Å²) >= 11 is 0. The Morgan fingerprint density at radius 2 is 2.07 bits per heavy atom. The Kier molecular flexibility index (Phi) is 3.82. The number of hydrogen-bond acceptors (Lipinski definition) is 4. The molecule has 1 atom stereocenters. The lowest BCUT2D eigenvalue weighted by molar-refractivity contribution is -0.138. The minimum absolute atomic E-state index is 0.315. The number of aliphatic carboxylic acids is 1. The molecule has 0 radical (unpaired) electrons. The van der Waals surface area contributed by atoms with E-state index in [1.165, 1.54) is 6.21 Å². The first-order valence-corrected chi connectivity index (χ1v) is 4.44. The van der Waals surface area contributed by atoms with Crippen LogP contribution >= 0.6 is 0 Å². The topological polar surface area (TPSA) is 102 Å². The Labute approximate surface area is 87.4 Å². The van der Waals surface area contributed by atoms with Crippen molar-refractivity contribution in [3.8, 4) is 0 Å². The van der Waals surface area contributed by atoms with E-state index < -0.39 is 12.0 Å². The Morgan fingerprint density at radius 3 is 2.53 bits per heavy atom. The summed E-state index contributed by atoms with van der Waals surface area (Å²) in [4.78, 5) is 10.5. The molecule has 5 heteroatoms. The van der Waals surface area contributed by atoms with Crippen LogP contribution in [0.3, 0.4) is 0 Å². The highest BCUT2D eigenvalue weighted by molar-refractivity contribution is 5.79. The van der Waals surface area contributed by atoms with Crippen LogP contribution in [-0.4, -0.2) is 23.3 Å². The van der Waals surface area contributed by atoms with E-state index >= 15 is 0 Å². The second-order valence-corrected chi connectivity index (χ2v) is 3.17. The summed E-state index contributed by atoms with van der Waals surface area (Å²) in [5, 5.41) is 12.0. The fraction of sp³-hybridized carbons (Fsp3) is 0.200. The smallest absolute Gasteiger partial charge is 0.320 e. The van der Waals surface area contributed by atoms with Gasteiger partial charge in [-0.05, 0) is 17.5 Å². The number of hydrazone groups is 1. The van der Waals surface area contributed by atoms with Gasteiger partial charge in [0.2, 0.25) is 0 Å². The van der Waals surface area contributed by atoms with Crippen LogP contribution in [0.15, 0.2) is 29.4 Å². The summed E-state index contributed by atoms with van der Waals surface area (Å²) < 4.78 is 0. The lowest BCUT2D eigenvalue weighted by Crippen LogP contribution is -2.32. The van der Waals surface area contributed by atoms with Crippen molar-refractivity contribution in [2.45, 2.75) is 12.5 Å². The Bertz CT molecular complexity index is 359. The first kappa shape index (κ1) is 11.2. The predicted octanol–water partition coefficient (Wildman–Crippen LogP) is -0.0664. The minimum Gasteiger partial charge on any atom is -0.480 e. The zero-order chi connectivity index (χ0) is 11.3. The van der Waals surface area contributed by atoms with E-state index in [2.05, 4.69) is 5.10 Å². The number of carboxylic acids is 1. The molecular formula is C10H13N3O2. The van der Waals surface area contributed by atoms with Crippen molar-refractivity contribution in [1.82, 2.24) is 0 Å². The van der Waals surface area contributed by atoms with Crippen LogP contribution in [-0.2, 0) is 11.2 Å². The van der Waals surface area contributed by atoms with Crippen molar-refractivity contribution in [3.63, 3.8) is 0 Å². The summed E-state index contributed by atoms with van der Waals surface area (Å²) in [6, 6.07) is 6.36. The molecule has 1 aromatic rings. The Morgan fingerprint density at radius 1 is 1.47 bits per heavy atom. The van der Waals surface area contributed by atoms with Gasteiger partial charge in [0.25, 0.3) is 0 Å². The molecule has 1 rings (SSSR count). The number of hydrogen-bond donors (Lipinski definition) is 3. The number of carboxylic acid groups (broad SMARTS) is 1. The van der Waals surface area contributed by atoms with E-state index in [9.17, 15) is 4.79 Å². The van der Waals surface area contributed by atoms with Crippen LogP contribution in [0, 0.1) is 0 Å². The molecule has 0 fully saturated rings. The molecule has 15 heavy (non-hydrogen) atoms. The van der Waals surface area contributed by atoms with Gasteiger partial charge in [0.15, 0.2) is 0 Å². The van der Waals surface area contributed by atoms with Gasteiger partial charge >= 0.3 is 5.97 Å². The summed E-state index contributed by atoms with van der Waals surface area (Å²) in [7, 11) is 0. The van der Waals surface area contributed by atoms with E-state index in [-0.39, 0.29) is 0 Å². The van der Waals surface area contributed by atoms with Crippen LogP contribution < -0.4 is 11.6 Å². The SMILES string of the molecule is N/N=C/c1ccc(C[C@H](N)C(=O)O)cc1. The van der Waals surface area contributed by atoms with Gasteiger partial charge < -0.3 is 16.7 Å². The Hall–Kier alpha value is -1.88. The van der Waals surface area contributed by atoms with Crippen molar-refractivity contribution in [2.24, 2.45) is 16.7 Å². The third-order valence-electron chi connectivity index (χ3n) is 1.98. The molecule has 0 bridgehead atoms. The molecule has 0 unspecified atom stereocenters. The lowest BCUT2D eigenvalue weighted by Gasteiger charge is -2.06. The van der Waals surface area contributed by atoms with Crippen LogP contribution in [0.5, 0.6) is 0 Å². The molecule has 5 N–H and O–H groups in total. The number of benzene rings is 1. The molecule has 5 nitrogen and oxygen atoms in total. The molecule has 0 aliphatic rings. The molecule has 0 heterocycles. The average Bonchev–Trinajstić information content (AvgIpc) is 2.21. The zero-order valence-electron chi connectivity index (χ0n) is 8.13. The van der Waals surface area contributed by atoms with Crippen LogP contribution in [0.4, 0.5) is 0 Å². The maximum atomic E-state index is 10.5. The van der Waals surface area contributed by atoms with Gasteiger partial charge in [0.05, 0.1) is 6.21 Å². The summed E-state index contributed by atoms with van der Waals surface area (Å²) in [6.07, 6.45) is 1.83. The maximum absolute atomic E-state index is 10.5. The van der Waals surface area contributed by atoms with Crippen molar-refractivity contribution in [1.29, 1.82) is 0 Å². The van der Waals surface area contributed by atoms with E-state index in [4.69, 9.17) is 16.7 Å². The van der Waals surface area contributed by atoms with Crippen LogP contribution in [0.2, 0.25) is 0 Å². The first-order valence-electron chi connectivity index (χ1n) is 4.44. The second-order valence-electron chi connectivity index (χ2n) is 3.17. The summed E-state index contributed by atoms with van der Waals surface area (Å²) in [5.41, 5.74) is 7.14. The number of rotatable bonds is 4. The molecule has 0 aliphatic heterocycles. The summed E-state index contributed by atoms with van der Waals surface area (Å²) in [5.74, 6) is 3.99. The van der Waals surface area contributed by atoms with E-state index in [0.717, 1.165) is 11.1 Å². The van der Waals surface area contributed by atoms with Crippen LogP contribution in [0.25, 0.3) is 0 Å². The highest BCUT2D eigenvalue weighted by Gasteiger charge is 2.11. The molecule has 0 spiro atoms. The van der Waals surface area contributed by atoms with Gasteiger partial charge in [-0.2, -0.15) is 5.10 Å². The van der Waals surface area contributed by atoms with Gasteiger partial charge in [-0.25, -0.2) is 0 Å². The fourth-order valence-corrected chi connectivity index (χ4v) is 1.17.